The molecular formula is C40H22F10N4O3. The average Bonchev–Trinajstić information content (AvgIpc) is 4.06. The highest BCUT2D eigenvalue weighted by atomic mass is 19.2. The molecule has 3 aromatic carbocycles. The van der Waals surface area contributed by atoms with E-state index in [-0.39, 0.29) is 39.5 Å². The van der Waals surface area contributed by atoms with Gasteiger partial charge in [-0.15, -0.1) is 0 Å². The molecule has 0 saturated carbocycles. The molecule has 8 rings (SSSR count). The van der Waals surface area contributed by atoms with Crippen molar-refractivity contribution in [3.05, 3.63) is 118 Å². The van der Waals surface area contributed by atoms with E-state index in [0.29, 0.717) is 22.3 Å². The molecular weight excluding hydrogens is 774 g/mol. The summed E-state index contributed by atoms with van der Waals surface area (Å²) in [5, 5.41) is 0. The van der Waals surface area contributed by atoms with E-state index in [1.165, 1.54) is 45.6 Å². The van der Waals surface area contributed by atoms with Crippen molar-refractivity contribution in [2.45, 2.75) is 0 Å². The van der Waals surface area contributed by atoms with E-state index < -0.39 is 91.5 Å². The van der Waals surface area contributed by atoms with E-state index in [1.807, 2.05) is 0 Å². The van der Waals surface area contributed by atoms with E-state index >= 15 is 17.6 Å². The first-order chi connectivity index (χ1) is 27.3. The zero-order valence-electron chi connectivity index (χ0n) is 29.2. The number of aromatic nitrogens is 4. The van der Waals surface area contributed by atoms with E-state index in [4.69, 9.17) is 14.2 Å². The van der Waals surface area contributed by atoms with Crippen molar-refractivity contribution in [2.75, 3.05) is 21.3 Å². The minimum absolute atomic E-state index is 0.133. The summed E-state index contributed by atoms with van der Waals surface area (Å²) in [6, 6.07) is 11.1. The SMILES string of the molecule is COc1cc(OC)c(-c2c3ccc([nH]3)c3nc(c(-c4c(F)c(F)c(F)c(F)c4F)c4ccc([nH]4)c(-c4c(F)c(F)c(F)c(F)c4F)c4ccc2[nH]4)C=C3)c(OC)c1. The molecule has 1 aliphatic rings. The number of H-pyrrole nitrogens is 3. The van der Waals surface area contributed by atoms with Gasteiger partial charge in [-0.25, -0.2) is 48.9 Å². The Hall–Kier alpha value is -6.91. The lowest BCUT2D eigenvalue weighted by atomic mass is 10.0. The third-order valence-electron chi connectivity index (χ3n) is 9.46. The van der Waals surface area contributed by atoms with Gasteiger partial charge in [0.15, 0.2) is 46.5 Å². The summed E-state index contributed by atoms with van der Waals surface area (Å²) in [4.78, 5) is 13.3. The van der Waals surface area contributed by atoms with Gasteiger partial charge in [0.05, 0.1) is 54.9 Å². The summed E-state index contributed by atoms with van der Waals surface area (Å²) < 4.78 is 167. The number of aromatic amines is 3. The number of benzene rings is 3. The van der Waals surface area contributed by atoms with Gasteiger partial charge in [0.25, 0.3) is 0 Å². The average molecular weight is 797 g/mol. The molecule has 3 N–H and O–H groups in total. The molecule has 5 heterocycles. The summed E-state index contributed by atoms with van der Waals surface area (Å²) in [6.07, 6.45) is 2.61. The molecule has 1 aliphatic heterocycles. The first kappa shape index (κ1) is 37.0. The Morgan fingerprint density at radius 1 is 0.368 bits per heavy atom. The van der Waals surface area contributed by atoms with Crippen LogP contribution in [0, 0.1) is 58.2 Å². The van der Waals surface area contributed by atoms with Crippen molar-refractivity contribution in [2.24, 2.45) is 0 Å². The molecule has 0 saturated heterocycles. The fraction of sp³-hybridized carbons (Fsp3) is 0.0750. The Morgan fingerprint density at radius 3 is 1.12 bits per heavy atom. The number of halogens is 10. The molecule has 57 heavy (non-hydrogen) atoms. The van der Waals surface area contributed by atoms with Crippen molar-refractivity contribution in [1.82, 2.24) is 19.9 Å². The fourth-order valence-electron chi connectivity index (χ4n) is 6.85. The molecule has 0 amide bonds. The normalized spacial score (nSPS) is 11.9. The zero-order chi connectivity index (χ0) is 40.6. The number of hydrogen-bond donors (Lipinski definition) is 3. The molecule has 8 bridgehead atoms. The van der Waals surface area contributed by atoms with Gasteiger partial charge in [0.1, 0.15) is 17.2 Å². The first-order valence-corrected chi connectivity index (χ1v) is 16.5. The van der Waals surface area contributed by atoms with Crippen LogP contribution in [-0.2, 0) is 0 Å². The zero-order valence-corrected chi connectivity index (χ0v) is 29.2. The second-order valence-corrected chi connectivity index (χ2v) is 12.5. The van der Waals surface area contributed by atoms with Crippen molar-refractivity contribution in [1.29, 1.82) is 0 Å². The molecule has 17 heteroatoms. The molecule has 7 aromatic rings. The summed E-state index contributed by atoms with van der Waals surface area (Å²) in [5.74, 6) is -22.2. The van der Waals surface area contributed by atoms with Gasteiger partial charge in [-0.3, -0.25) is 0 Å². The summed E-state index contributed by atoms with van der Waals surface area (Å²) in [5.41, 5.74) is -4.21. The van der Waals surface area contributed by atoms with Gasteiger partial charge in [-0.1, -0.05) is 0 Å². The maximum atomic E-state index is 15.8. The molecule has 0 spiro atoms. The highest BCUT2D eigenvalue weighted by Gasteiger charge is 2.31. The monoisotopic (exact) mass is 796 g/mol. The van der Waals surface area contributed by atoms with Crippen molar-refractivity contribution in [3.63, 3.8) is 0 Å². The quantitative estimate of drug-likeness (QED) is 0.0888. The van der Waals surface area contributed by atoms with Crippen LogP contribution in [0.15, 0.2) is 48.5 Å². The largest absolute Gasteiger partial charge is 0.496 e. The summed E-state index contributed by atoms with van der Waals surface area (Å²) in [7, 11) is 4.16. The van der Waals surface area contributed by atoms with Crippen LogP contribution in [0.4, 0.5) is 43.9 Å². The fourth-order valence-corrected chi connectivity index (χ4v) is 6.85. The smallest absolute Gasteiger partial charge is 0.200 e. The number of rotatable bonds is 6. The lowest BCUT2D eigenvalue weighted by molar-refractivity contribution is 0.377. The van der Waals surface area contributed by atoms with E-state index in [0.717, 1.165) is 12.1 Å². The molecule has 4 aromatic heterocycles. The van der Waals surface area contributed by atoms with Gasteiger partial charge in [-0.05, 0) is 48.6 Å². The minimum atomic E-state index is -2.44. The third-order valence-corrected chi connectivity index (χ3v) is 9.46. The Balaban J connectivity index is 1.63. The molecule has 0 radical (unpaired) electrons. The van der Waals surface area contributed by atoms with Crippen molar-refractivity contribution >= 4 is 45.3 Å². The molecule has 0 atom stereocenters. The molecule has 0 unspecified atom stereocenters. The molecule has 7 nitrogen and oxygen atoms in total. The standard InChI is InChI=1S/C40H22F10N4O3/c1-55-14-12-23(56-2)28(24(13-14)57-3)25-17-6-4-15(51-17)16-5-7-19(52-16)26(29-31(41)35(45)39(49)36(46)32(29)42)20-10-11-22(54-20)27(21-9-8-18(25)53-21)30-33(43)37(47)40(50)38(48)34(30)44/h4-13,51,53-54H,1-3H3. The van der Waals surface area contributed by atoms with Crippen LogP contribution in [0.5, 0.6) is 17.2 Å². The van der Waals surface area contributed by atoms with Gasteiger partial charge >= 0.3 is 0 Å². The van der Waals surface area contributed by atoms with Crippen molar-refractivity contribution in [3.8, 4) is 50.6 Å². The van der Waals surface area contributed by atoms with Gasteiger partial charge in [0.2, 0.25) is 11.6 Å². The van der Waals surface area contributed by atoms with E-state index in [9.17, 15) is 26.3 Å². The van der Waals surface area contributed by atoms with Gasteiger partial charge < -0.3 is 29.2 Å². The topological polar surface area (TPSA) is 88.0 Å². The molecule has 0 fully saturated rings. The number of hydrogen-bond acceptors (Lipinski definition) is 4. The third kappa shape index (κ3) is 5.63. The second kappa shape index (κ2) is 13.7. The molecule has 0 aliphatic carbocycles. The Labute approximate surface area is 313 Å². The van der Waals surface area contributed by atoms with Crippen LogP contribution >= 0.6 is 0 Å². The van der Waals surface area contributed by atoms with E-state index in [2.05, 4.69) is 19.9 Å². The first-order valence-electron chi connectivity index (χ1n) is 16.5. The predicted octanol–water partition coefficient (Wildman–Crippen LogP) is 11.1. The molecule has 290 valence electrons. The summed E-state index contributed by atoms with van der Waals surface area (Å²) in [6.45, 7) is 0. The number of fused-ring (bicyclic) bond motifs is 9. The number of nitrogens with zero attached hydrogens (tertiary/aromatic N) is 1. The number of methoxy groups -OCH3 is 3. The van der Waals surface area contributed by atoms with E-state index in [1.54, 1.807) is 24.3 Å². The van der Waals surface area contributed by atoms with Gasteiger partial charge in [0, 0.05) is 56.4 Å². The Kier molecular flexibility index (Phi) is 8.89. The van der Waals surface area contributed by atoms with Crippen LogP contribution in [0.25, 0.3) is 78.6 Å². The van der Waals surface area contributed by atoms with Crippen LogP contribution in [0.3, 0.4) is 0 Å². The van der Waals surface area contributed by atoms with Crippen LogP contribution in [0.2, 0.25) is 0 Å². The summed E-state index contributed by atoms with van der Waals surface area (Å²) >= 11 is 0. The highest BCUT2D eigenvalue weighted by molar-refractivity contribution is 6.02. The van der Waals surface area contributed by atoms with Crippen molar-refractivity contribution < 1.29 is 58.1 Å². The minimum Gasteiger partial charge on any atom is -0.496 e. The van der Waals surface area contributed by atoms with Crippen LogP contribution in [-0.4, -0.2) is 41.3 Å². The number of ether oxygens (including phenoxy) is 3. The van der Waals surface area contributed by atoms with Crippen LogP contribution < -0.4 is 14.2 Å². The predicted molar refractivity (Wildman–Crippen MR) is 191 cm³/mol. The number of nitrogens with one attached hydrogen (secondary N) is 3. The Morgan fingerprint density at radius 2 is 0.702 bits per heavy atom. The van der Waals surface area contributed by atoms with Crippen LogP contribution in [0.1, 0.15) is 11.4 Å². The maximum absolute atomic E-state index is 15.8. The highest BCUT2D eigenvalue weighted by Crippen LogP contribution is 2.46. The lowest BCUT2D eigenvalue weighted by Crippen LogP contribution is -2.05. The lowest BCUT2D eigenvalue weighted by Gasteiger charge is -2.15. The second-order valence-electron chi connectivity index (χ2n) is 12.5. The van der Waals surface area contributed by atoms with Gasteiger partial charge in [-0.2, -0.15) is 0 Å². The maximum Gasteiger partial charge on any atom is 0.200 e. The Bertz CT molecular complexity index is 2920.